The van der Waals surface area contributed by atoms with Crippen LogP contribution in [0.1, 0.15) is 341 Å². The summed E-state index contributed by atoms with van der Waals surface area (Å²) in [6.07, 6.45) is 69.5. The Hall–Kier alpha value is -0.910. The van der Waals surface area contributed by atoms with Crippen LogP contribution in [-0.4, -0.2) is 46.1 Å². The third kappa shape index (κ3) is 50.8. The number of carbonyl (C=O) groups excluding carboxylic acids is 1. The molecular weight excluding hydrogens is 799 g/mol. The van der Waals surface area contributed by atoms with Gasteiger partial charge in [-0.05, 0) is 38.5 Å². The third-order valence-corrected chi connectivity index (χ3v) is 14.4. The molecule has 0 aromatic rings. The number of allylic oxidation sites excluding steroid dienone is 2. The Balaban J connectivity index is 3.50. The van der Waals surface area contributed by atoms with Crippen molar-refractivity contribution in [2.45, 2.75) is 360 Å². The third-order valence-electron chi connectivity index (χ3n) is 14.4. The summed E-state index contributed by atoms with van der Waals surface area (Å²) in [6, 6.07) is -0.808. The average molecular weight is 919 g/mol. The van der Waals surface area contributed by atoms with Gasteiger partial charge in [-0.2, -0.15) is 0 Å². The molecule has 4 N–H and O–H groups in total. The van der Waals surface area contributed by atoms with Crippen LogP contribution in [0.15, 0.2) is 12.2 Å². The molecule has 0 aromatic heterocycles. The first-order valence-electron chi connectivity index (χ1n) is 30.0. The van der Waals surface area contributed by atoms with E-state index in [9.17, 15) is 20.1 Å². The molecule has 0 saturated heterocycles. The molecule has 388 valence electrons. The average Bonchev–Trinajstić information content (AvgIpc) is 3.31. The van der Waals surface area contributed by atoms with Crippen molar-refractivity contribution >= 4 is 5.91 Å². The molecule has 5 nitrogen and oxygen atoms in total. The van der Waals surface area contributed by atoms with E-state index in [2.05, 4.69) is 31.3 Å². The van der Waals surface area contributed by atoms with Crippen molar-refractivity contribution in [3.63, 3.8) is 0 Å². The van der Waals surface area contributed by atoms with Gasteiger partial charge in [0.2, 0.25) is 5.91 Å². The van der Waals surface area contributed by atoms with Gasteiger partial charge < -0.3 is 20.6 Å². The Morgan fingerprint density at radius 1 is 0.369 bits per heavy atom. The monoisotopic (exact) mass is 918 g/mol. The molecule has 0 saturated carbocycles. The Labute approximate surface area is 408 Å². The molecule has 0 aromatic carbocycles. The van der Waals surface area contributed by atoms with E-state index in [-0.39, 0.29) is 12.5 Å². The van der Waals surface area contributed by atoms with E-state index in [4.69, 9.17) is 0 Å². The molecule has 65 heavy (non-hydrogen) atoms. The van der Waals surface area contributed by atoms with E-state index < -0.39 is 18.2 Å². The minimum atomic E-state index is -1.13. The van der Waals surface area contributed by atoms with Crippen LogP contribution in [-0.2, 0) is 4.79 Å². The minimum absolute atomic E-state index is 0.138. The fourth-order valence-corrected chi connectivity index (χ4v) is 9.75. The predicted octanol–water partition coefficient (Wildman–Crippen LogP) is 18.7. The lowest BCUT2D eigenvalue weighted by Gasteiger charge is -2.26. The van der Waals surface area contributed by atoms with Crippen molar-refractivity contribution in [3.8, 4) is 0 Å². The van der Waals surface area contributed by atoms with Crippen LogP contribution < -0.4 is 5.32 Å². The smallest absolute Gasteiger partial charge is 0.220 e. The quantitative estimate of drug-likeness (QED) is 0.0361. The second-order valence-electron chi connectivity index (χ2n) is 20.9. The maximum absolute atomic E-state index is 12.5. The highest BCUT2D eigenvalue weighted by Gasteiger charge is 2.26. The molecule has 0 rings (SSSR count). The molecule has 0 fully saturated rings. The predicted molar refractivity (Wildman–Crippen MR) is 287 cm³/mol. The molecule has 0 heterocycles. The lowest BCUT2D eigenvalue weighted by Crippen LogP contribution is -2.50. The minimum Gasteiger partial charge on any atom is -0.394 e. The van der Waals surface area contributed by atoms with Gasteiger partial charge in [0, 0.05) is 6.42 Å². The number of hydrogen-bond acceptors (Lipinski definition) is 4. The summed E-state index contributed by atoms with van der Waals surface area (Å²) in [7, 11) is 0. The number of nitrogens with one attached hydrogen (secondary N) is 1. The van der Waals surface area contributed by atoms with E-state index in [1.54, 1.807) is 0 Å². The Bertz CT molecular complexity index is 925. The number of hydrogen-bond donors (Lipinski definition) is 4. The van der Waals surface area contributed by atoms with Crippen LogP contribution in [0.25, 0.3) is 0 Å². The molecule has 5 heteroatoms. The van der Waals surface area contributed by atoms with E-state index >= 15 is 0 Å². The molecule has 0 spiro atoms. The van der Waals surface area contributed by atoms with Crippen LogP contribution in [0.2, 0.25) is 0 Å². The lowest BCUT2D eigenvalue weighted by molar-refractivity contribution is -0.124. The van der Waals surface area contributed by atoms with Gasteiger partial charge in [-0.25, -0.2) is 0 Å². The van der Waals surface area contributed by atoms with Crippen molar-refractivity contribution < 1.29 is 20.1 Å². The van der Waals surface area contributed by atoms with Gasteiger partial charge in [-0.15, -0.1) is 0 Å². The van der Waals surface area contributed by atoms with E-state index in [1.807, 2.05) is 0 Å². The van der Waals surface area contributed by atoms with E-state index in [0.29, 0.717) is 12.8 Å². The molecular formula is C60H119NO4. The summed E-state index contributed by atoms with van der Waals surface area (Å²) in [5.41, 5.74) is 0. The van der Waals surface area contributed by atoms with Crippen LogP contribution in [0.3, 0.4) is 0 Å². The molecule has 3 atom stereocenters. The molecule has 3 unspecified atom stereocenters. The summed E-state index contributed by atoms with van der Waals surface area (Å²) in [6.45, 7) is 4.23. The van der Waals surface area contributed by atoms with E-state index in [1.165, 1.54) is 283 Å². The number of aliphatic hydroxyl groups excluding tert-OH is 3. The highest BCUT2D eigenvalue weighted by atomic mass is 16.3. The summed E-state index contributed by atoms with van der Waals surface area (Å²) in [5.74, 6) is -0.138. The van der Waals surface area contributed by atoms with Crippen molar-refractivity contribution in [2.24, 2.45) is 0 Å². The largest absolute Gasteiger partial charge is 0.394 e. The first-order chi connectivity index (χ1) is 32.1. The van der Waals surface area contributed by atoms with Crippen molar-refractivity contribution in [1.82, 2.24) is 5.32 Å². The van der Waals surface area contributed by atoms with Gasteiger partial charge in [0.25, 0.3) is 0 Å². The Morgan fingerprint density at radius 3 is 0.892 bits per heavy atom. The topological polar surface area (TPSA) is 89.8 Å². The van der Waals surface area contributed by atoms with Crippen LogP contribution >= 0.6 is 0 Å². The van der Waals surface area contributed by atoms with Crippen LogP contribution in [0.5, 0.6) is 0 Å². The summed E-state index contributed by atoms with van der Waals surface area (Å²) in [5, 5.41) is 33.9. The molecule has 1 amide bonds. The fourth-order valence-electron chi connectivity index (χ4n) is 9.75. The molecule has 0 aliphatic rings. The number of amides is 1. The standard InChI is InChI=1S/C60H119NO4/c1-3-5-7-9-11-13-15-17-19-21-23-25-27-28-29-30-31-33-35-37-39-41-43-45-47-49-51-53-55-59(64)61-57(56-62)60(65)58(63)54-52-50-48-46-44-42-40-38-36-34-32-26-24-22-20-18-16-14-12-10-8-6-4-2/h28-29,57-58,60,62-63,65H,3-27,30-56H2,1-2H3,(H,61,64)/b29-28-. The lowest BCUT2D eigenvalue weighted by atomic mass is 9.99. The highest BCUT2D eigenvalue weighted by molar-refractivity contribution is 5.76. The van der Waals surface area contributed by atoms with Gasteiger partial charge in [-0.1, -0.05) is 309 Å². The normalized spacial score (nSPS) is 13.2. The molecule has 0 radical (unpaired) electrons. The summed E-state index contributed by atoms with van der Waals surface area (Å²) in [4.78, 5) is 12.5. The van der Waals surface area contributed by atoms with Crippen molar-refractivity contribution in [3.05, 3.63) is 12.2 Å². The van der Waals surface area contributed by atoms with Crippen LogP contribution in [0, 0.1) is 0 Å². The number of carbonyl (C=O) groups is 1. The van der Waals surface area contributed by atoms with Gasteiger partial charge in [0.15, 0.2) is 0 Å². The van der Waals surface area contributed by atoms with Crippen molar-refractivity contribution in [1.29, 1.82) is 0 Å². The second kappa shape index (κ2) is 55.7. The second-order valence-corrected chi connectivity index (χ2v) is 20.9. The zero-order chi connectivity index (χ0) is 47.2. The SMILES string of the molecule is CCCCCCCCCCCCCC/C=C\CCCCCCCCCCCCCCC(=O)NC(CO)C(O)C(O)CCCCCCCCCCCCCCCCCCCCCCCCC. The van der Waals surface area contributed by atoms with Gasteiger partial charge in [-0.3, -0.25) is 4.79 Å². The van der Waals surface area contributed by atoms with E-state index in [0.717, 1.165) is 32.1 Å². The number of unbranched alkanes of at least 4 members (excludes halogenated alkanes) is 46. The molecule has 0 aliphatic heterocycles. The molecule has 0 bridgehead atoms. The number of aliphatic hydroxyl groups is 3. The first-order valence-corrected chi connectivity index (χ1v) is 30.0. The van der Waals surface area contributed by atoms with Crippen LogP contribution in [0.4, 0.5) is 0 Å². The Kier molecular flexibility index (Phi) is 54.9. The first kappa shape index (κ1) is 64.1. The summed E-state index contributed by atoms with van der Waals surface area (Å²) < 4.78 is 0. The van der Waals surface area contributed by atoms with Gasteiger partial charge in [0.05, 0.1) is 18.8 Å². The highest BCUT2D eigenvalue weighted by Crippen LogP contribution is 2.18. The van der Waals surface area contributed by atoms with Gasteiger partial charge >= 0.3 is 0 Å². The van der Waals surface area contributed by atoms with Crippen molar-refractivity contribution in [2.75, 3.05) is 6.61 Å². The maximum Gasteiger partial charge on any atom is 0.220 e. The fraction of sp³-hybridized carbons (Fsp3) is 0.950. The maximum atomic E-state index is 12.5. The number of rotatable bonds is 56. The van der Waals surface area contributed by atoms with Gasteiger partial charge in [0.1, 0.15) is 6.10 Å². The Morgan fingerprint density at radius 2 is 0.615 bits per heavy atom. The summed E-state index contributed by atoms with van der Waals surface area (Å²) >= 11 is 0. The zero-order valence-electron chi connectivity index (χ0n) is 44.4. The molecule has 0 aliphatic carbocycles. The zero-order valence-corrected chi connectivity index (χ0v) is 44.4.